The summed E-state index contributed by atoms with van der Waals surface area (Å²) < 4.78 is 1.55. The van der Waals surface area contributed by atoms with Crippen LogP contribution in [0.2, 0.25) is 0 Å². The van der Waals surface area contributed by atoms with E-state index >= 15 is 0 Å². The van der Waals surface area contributed by atoms with Gasteiger partial charge in [-0.05, 0) is 30.4 Å². The van der Waals surface area contributed by atoms with Gasteiger partial charge in [-0.2, -0.15) is 5.10 Å². The molecule has 2 aromatic rings. The molecule has 80 valence electrons. The second-order valence-corrected chi connectivity index (χ2v) is 3.29. The lowest BCUT2D eigenvalue weighted by atomic mass is 10.2. The highest BCUT2D eigenvalue weighted by atomic mass is 16.1. The lowest BCUT2D eigenvalue weighted by Crippen LogP contribution is -2.03. The Balaban J connectivity index is 2.15. The number of allylic oxidation sites excluding steroid dienone is 1. The monoisotopic (exact) mass is 213 g/mol. The average molecular weight is 213 g/mol. The molecule has 2 aromatic heterocycles. The Bertz CT molecular complexity index is 514. The normalized spacial score (nSPS) is 10.8. The van der Waals surface area contributed by atoms with Crippen molar-refractivity contribution >= 4 is 11.9 Å². The Morgan fingerprint density at radius 2 is 2.19 bits per heavy atom. The summed E-state index contributed by atoms with van der Waals surface area (Å²) in [5.41, 5.74) is 1.32. The van der Waals surface area contributed by atoms with Gasteiger partial charge >= 0.3 is 0 Å². The molecule has 16 heavy (non-hydrogen) atoms. The number of aryl methyl sites for hydroxylation is 1. The van der Waals surface area contributed by atoms with Crippen molar-refractivity contribution < 1.29 is 4.79 Å². The Morgan fingerprint density at radius 3 is 2.81 bits per heavy atom. The van der Waals surface area contributed by atoms with E-state index in [1.54, 1.807) is 36.3 Å². The maximum absolute atomic E-state index is 11.7. The van der Waals surface area contributed by atoms with Crippen LogP contribution in [0.4, 0.5) is 0 Å². The van der Waals surface area contributed by atoms with E-state index in [-0.39, 0.29) is 5.78 Å². The summed E-state index contributed by atoms with van der Waals surface area (Å²) in [5.74, 6) is -0.0781. The van der Waals surface area contributed by atoms with E-state index < -0.39 is 0 Å². The number of carbonyl (C=O) groups is 1. The standard InChI is InChI=1S/C12H11N3O/c1-15-11(7-9-14-15)12(16)6-5-10-4-2-3-8-13-10/h2-9H,1H3/b6-5+. The van der Waals surface area contributed by atoms with E-state index in [2.05, 4.69) is 10.1 Å². The van der Waals surface area contributed by atoms with Crippen molar-refractivity contribution in [2.45, 2.75) is 0 Å². The van der Waals surface area contributed by atoms with E-state index in [1.165, 1.54) is 6.08 Å². The van der Waals surface area contributed by atoms with Crippen molar-refractivity contribution in [3.05, 3.63) is 54.1 Å². The molecule has 0 radical (unpaired) electrons. The lowest BCUT2D eigenvalue weighted by molar-refractivity contribution is 0.103. The van der Waals surface area contributed by atoms with Gasteiger partial charge in [0.15, 0.2) is 0 Å². The van der Waals surface area contributed by atoms with E-state index in [0.717, 1.165) is 5.69 Å². The van der Waals surface area contributed by atoms with Crippen molar-refractivity contribution in [2.24, 2.45) is 7.05 Å². The van der Waals surface area contributed by atoms with Crippen LogP contribution < -0.4 is 0 Å². The van der Waals surface area contributed by atoms with Crippen molar-refractivity contribution in [1.82, 2.24) is 14.8 Å². The number of ketones is 1. The maximum Gasteiger partial charge on any atom is 0.203 e. The van der Waals surface area contributed by atoms with Crippen LogP contribution in [0.1, 0.15) is 16.2 Å². The Kier molecular flexibility index (Phi) is 2.91. The van der Waals surface area contributed by atoms with Crippen LogP contribution >= 0.6 is 0 Å². The minimum atomic E-state index is -0.0781. The summed E-state index contributed by atoms with van der Waals surface area (Å²) in [6.45, 7) is 0. The van der Waals surface area contributed by atoms with Gasteiger partial charge in [0, 0.05) is 19.4 Å². The summed E-state index contributed by atoms with van der Waals surface area (Å²) >= 11 is 0. The number of rotatable bonds is 3. The molecular formula is C12H11N3O. The van der Waals surface area contributed by atoms with E-state index in [4.69, 9.17) is 0 Å². The smallest absolute Gasteiger partial charge is 0.203 e. The molecule has 0 aliphatic rings. The third-order valence-corrected chi connectivity index (χ3v) is 2.17. The van der Waals surface area contributed by atoms with Crippen LogP contribution in [0.15, 0.2) is 42.7 Å². The maximum atomic E-state index is 11.7. The first-order valence-electron chi connectivity index (χ1n) is 4.89. The minimum Gasteiger partial charge on any atom is -0.288 e. The van der Waals surface area contributed by atoms with Crippen LogP contribution in [-0.4, -0.2) is 20.5 Å². The van der Waals surface area contributed by atoms with E-state index in [0.29, 0.717) is 5.69 Å². The van der Waals surface area contributed by atoms with Crippen molar-refractivity contribution in [3.63, 3.8) is 0 Å². The van der Waals surface area contributed by atoms with Crippen molar-refractivity contribution in [1.29, 1.82) is 0 Å². The van der Waals surface area contributed by atoms with Gasteiger partial charge in [-0.15, -0.1) is 0 Å². The fourth-order valence-corrected chi connectivity index (χ4v) is 1.34. The third kappa shape index (κ3) is 2.23. The molecular weight excluding hydrogens is 202 g/mol. The second kappa shape index (κ2) is 4.53. The molecule has 0 spiro atoms. The first-order valence-corrected chi connectivity index (χ1v) is 4.89. The molecule has 0 N–H and O–H groups in total. The number of pyridine rings is 1. The zero-order chi connectivity index (χ0) is 11.4. The van der Waals surface area contributed by atoms with Gasteiger partial charge in [-0.1, -0.05) is 6.07 Å². The van der Waals surface area contributed by atoms with Gasteiger partial charge in [0.2, 0.25) is 5.78 Å². The number of hydrogen-bond donors (Lipinski definition) is 0. The van der Waals surface area contributed by atoms with Crippen LogP contribution in [0.3, 0.4) is 0 Å². The number of carbonyl (C=O) groups excluding carboxylic acids is 1. The molecule has 0 atom stereocenters. The highest BCUT2D eigenvalue weighted by Gasteiger charge is 2.05. The van der Waals surface area contributed by atoms with Crippen molar-refractivity contribution in [2.75, 3.05) is 0 Å². The van der Waals surface area contributed by atoms with Crippen LogP contribution in [0, 0.1) is 0 Å². The lowest BCUT2D eigenvalue weighted by Gasteiger charge is -1.95. The molecule has 0 amide bonds. The van der Waals surface area contributed by atoms with Crippen molar-refractivity contribution in [3.8, 4) is 0 Å². The van der Waals surface area contributed by atoms with Crippen LogP contribution in [0.25, 0.3) is 6.08 Å². The molecule has 2 rings (SSSR count). The van der Waals surface area contributed by atoms with Crippen LogP contribution in [0.5, 0.6) is 0 Å². The molecule has 0 aliphatic heterocycles. The highest BCUT2D eigenvalue weighted by Crippen LogP contribution is 2.02. The topological polar surface area (TPSA) is 47.8 Å². The highest BCUT2D eigenvalue weighted by molar-refractivity contribution is 6.05. The first-order chi connectivity index (χ1) is 7.77. The summed E-state index contributed by atoms with van der Waals surface area (Å²) in [6, 6.07) is 7.24. The zero-order valence-corrected chi connectivity index (χ0v) is 8.87. The second-order valence-electron chi connectivity index (χ2n) is 3.29. The summed E-state index contributed by atoms with van der Waals surface area (Å²) in [4.78, 5) is 15.8. The van der Waals surface area contributed by atoms with E-state index in [1.807, 2.05) is 18.2 Å². The molecule has 4 nitrogen and oxygen atoms in total. The molecule has 0 saturated heterocycles. The molecule has 0 aromatic carbocycles. The summed E-state index contributed by atoms with van der Waals surface area (Å²) in [7, 11) is 1.74. The van der Waals surface area contributed by atoms with Gasteiger partial charge < -0.3 is 0 Å². The molecule has 0 aliphatic carbocycles. The van der Waals surface area contributed by atoms with Gasteiger partial charge in [-0.25, -0.2) is 0 Å². The summed E-state index contributed by atoms with van der Waals surface area (Å²) in [6.07, 6.45) is 6.48. The molecule has 2 heterocycles. The number of aromatic nitrogens is 3. The van der Waals surface area contributed by atoms with E-state index in [9.17, 15) is 4.79 Å². The fraction of sp³-hybridized carbons (Fsp3) is 0.0833. The van der Waals surface area contributed by atoms with Gasteiger partial charge in [0.25, 0.3) is 0 Å². The summed E-state index contributed by atoms with van der Waals surface area (Å²) in [5, 5.41) is 3.94. The Labute approximate surface area is 93.2 Å². The molecule has 0 fully saturated rings. The SMILES string of the molecule is Cn1nccc1C(=O)/C=C/c1ccccn1. The molecule has 0 bridgehead atoms. The van der Waals surface area contributed by atoms with Crippen LogP contribution in [-0.2, 0) is 7.05 Å². The quantitative estimate of drug-likeness (QED) is 0.576. The molecule has 0 unspecified atom stereocenters. The van der Waals surface area contributed by atoms with Gasteiger partial charge in [-0.3, -0.25) is 14.5 Å². The fourth-order valence-electron chi connectivity index (χ4n) is 1.34. The number of hydrogen-bond acceptors (Lipinski definition) is 3. The predicted octanol–water partition coefficient (Wildman–Crippen LogP) is 1.71. The largest absolute Gasteiger partial charge is 0.288 e. The first kappa shape index (κ1) is 10.3. The minimum absolute atomic E-state index is 0.0781. The average Bonchev–Trinajstić information content (AvgIpc) is 2.74. The molecule has 0 saturated carbocycles. The van der Waals surface area contributed by atoms with Gasteiger partial charge in [0.05, 0.1) is 5.69 Å². The Hall–Kier alpha value is -2.23. The Morgan fingerprint density at radius 1 is 1.31 bits per heavy atom. The zero-order valence-electron chi connectivity index (χ0n) is 8.87. The van der Waals surface area contributed by atoms with Gasteiger partial charge in [0.1, 0.15) is 5.69 Å². The molecule has 4 heteroatoms. The third-order valence-electron chi connectivity index (χ3n) is 2.17. The number of nitrogens with zero attached hydrogens (tertiary/aromatic N) is 3. The predicted molar refractivity (Wildman–Crippen MR) is 60.8 cm³/mol.